The van der Waals surface area contributed by atoms with E-state index in [9.17, 15) is 9.59 Å². The Morgan fingerprint density at radius 2 is 1.60 bits per heavy atom. The van der Waals surface area contributed by atoms with Gasteiger partial charge in [0, 0.05) is 26.7 Å². The average Bonchev–Trinajstić information content (AvgIpc) is 2.68. The Kier molecular flexibility index (Phi) is 6.39. The maximum atomic E-state index is 11.6. The normalized spacial score (nSPS) is 10.7. The summed E-state index contributed by atoms with van der Waals surface area (Å²) in [6.45, 7) is 3.49. The molecule has 2 N–H and O–H groups in total. The van der Waals surface area contributed by atoms with Crippen LogP contribution in [0.4, 0.5) is 0 Å². The predicted molar refractivity (Wildman–Crippen MR) is 117 cm³/mol. The van der Waals surface area contributed by atoms with E-state index < -0.39 is 5.91 Å². The number of ether oxygens (including phenoxy) is 1. The molecule has 0 spiro atoms. The second-order valence-corrected chi connectivity index (χ2v) is 7.53. The second kappa shape index (κ2) is 8.81. The van der Waals surface area contributed by atoms with Gasteiger partial charge in [-0.15, -0.1) is 0 Å². The van der Waals surface area contributed by atoms with Gasteiger partial charge in [-0.05, 0) is 31.5 Å². The molecule has 154 valence electrons. The van der Waals surface area contributed by atoms with E-state index >= 15 is 0 Å². The molecule has 0 aliphatic carbocycles. The standard InChI is InChI=1S/C22H19Cl2N3O3/c1-11-20(27-21(22(25)29)12(2)26-11)14-5-7-16(18(24)10-14)15-6-4-13(8-17(15)23)9-19(28)30-3/h4-8,10H,9H2,1-3H3,(H2,25,29). The van der Waals surface area contributed by atoms with Crippen molar-refractivity contribution in [3.8, 4) is 22.4 Å². The third kappa shape index (κ3) is 4.45. The third-order valence-electron chi connectivity index (χ3n) is 4.62. The number of primary amides is 1. The van der Waals surface area contributed by atoms with Crippen molar-refractivity contribution in [2.24, 2.45) is 5.73 Å². The first kappa shape index (κ1) is 21.7. The minimum atomic E-state index is -0.636. The number of amides is 1. The van der Waals surface area contributed by atoms with Gasteiger partial charge < -0.3 is 10.5 Å². The lowest BCUT2D eigenvalue weighted by atomic mass is 10.00. The molecule has 6 nitrogen and oxygen atoms in total. The van der Waals surface area contributed by atoms with Crippen LogP contribution < -0.4 is 5.73 Å². The minimum absolute atomic E-state index is 0.125. The highest BCUT2D eigenvalue weighted by Crippen LogP contribution is 2.36. The summed E-state index contributed by atoms with van der Waals surface area (Å²) in [6, 6.07) is 10.7. The van der Waals surface area contributed by atoms with E-state index in [1.54, 1.807) is 32.0 Å². The predicted octanol–water partition coefficient (Wildman–Crippen LogP) is 4.55. The maximum absolute atomic E-state index is 11.6. The molecule has 1 heterocycles. The molecule has 0 aliphatic heterocycles. The van der Waals surface area contributed by atoms with Crippen molar-refractivity contribution in [1.29, 1.82) is 0 Å². The number of hydrogen-bond acceptors (Lipinski definition) is 5. The summed E-state index contributed by atoms with van der Waals surface area (Å²) in [5.41, 5.74) is 10.1. The van der Waals surface area contributed by atoms with Crippen LogP contribution in [0, 0.1) is 13.8 Å². The first-order chi connectivity index (χ1) is 14.2. The van der Waals surface area contributed by atoms with E-state index in [0.717, 1.165) is 16.7 Å². The van der Waals surface area contributed by atoms with Crippen molar-refractivity contribution in [2.75, 3.05) is 7.11 Å². The van der Waals surface area contributed by atoms with Crippen molar-refractivity contribution in [2.45, 2.75) is 20.3 Å². The second-order valence-electron chi connectivity index (χ2n) is 6.72. The first-order valence-electron chi connectivity index (χ1n) is 9.01. The minimum Gasteiger partial charge on any atom is -0.469 e. The van der Waals surface area contributed by atoms with Crippen LogP contribution in [0.3, 0.4) is 0 Å². The summed E-state index contributed by atoms with van der Waals surface area (Å²) < 4.78 is 4.68. The highest BCUT2D eigenvalue weighted by molar-refractivity contribution is 6.36. The molecule has 3 rings (SSSR count). The van der Waals surface area contributed by atoms with Gasteiger partial charge in [0.1, 0.15) is 5.69 Å². The molecule has 0 atom stereocenters. The molecule has 1 amide bonds. The number of hydrogen-bond donors (Lipinski definition) is 1. The Morgan fingerprint density at radius 1 is 0.967 bits per heavy atom. The van der Waals surface area contributed by atoms with Crippen LogP contribution in [0.1, 0.15) is 27.4 Å². The number of rotatable bonds is 5. The van der Waals surface area contributed by atoms with Crippen LogP contribution in [0.2, 0.25) is 10.0 Å². The molecule has 0 saturated carbocycles. The summed E-state index contributed by atoms with van der Waals surface area (Å²) >= 11 is 13.0. The van der Waals surface area contributed by atoms with Crippen molar-refractivity contribution >= 4 is 35.1 Å². The van der Waals surface area contributed by atoms with Crippen molar-refractivity contribution in [3.05, 3.63) is 69.1 Å². The molecule has 8 heteroatoms. The number of carbonyl (C=O) groups excluding carboxylic acids is 2. The fourth-order valence-corrected chi connectivity index (χ4v) is 3.73. The zero-order valence-corrected chi connectivity index (χ0v) is 18.1. The monoisotopic (exact) mass is 443 g/mol. The van der Waals surface area contributed by atoms with Gasteiger partial charge in [0.05, 0.1) is 30.6 Å². The lowest BCUT2D eigenvalue weighted by Gasteiger charge is -2.12. The summed E-state index contributed by atoms with van der Waals surface area (Å²) in [7, 11) is 1.34. The molecule has 0 aliphatic rings. The zero-order chi connectivity index (χ0) is 22.0. The molecule has 1 aromatic heterocycles. The largest absolute Gasteiger partial charge is 0.469 e. The summed E-state index contributed by atoms with van der Waals surface area (Å²) in [5, 5.41) is 0.922. The molecular formula is C22H19Cl2N3O3. The summed E-state index contributed by atoms with van der Waals surface area (Å²) in [4.78, 5) is 31.8. The molecular weight excluding hydrogens is 425 g/mol. The van der Waals surface area contributed by atoms with E-state index in [1.807, 2.05) is 18.2 Å². The molecule has 0 unspecified atom stereocenters. The van der Waals surface area contributed by atoms with E-state index in [-0.39, 0.29) is 18.1 Å². The van der Waals surface area contributed by atoms with E-state index in [4.69, 9.17) is 28.9 Å². The molecule has 3 aromatic rings. The van der Waals surface area contributed by atoms with Gasteiger partial charge in [-0.1, -0.05) is 47.5 Å². The highest BCUT2D eigenvalue weighted by Gasteiger charge is 2.16. The van der Waals surface area contributed by atoms with Crippen LogP contribution in [-0.4, -0.2) is 29.0 Å². The number of benzene rings is 2. The quantitative estimate of drug-likeness (QED) is 0.583. The maximum Gasteiger partial charge on any atom is 0.309 e. The van der Waals surface area contributed by atoms with E-state index in [0.29, 0.717) is 32.7 Å². The molecule has 0 fully saturated rings. The van der Waals surface area contributed by atoms with Crippen LogP contribution in [0.5, 0.6) is 0 Å². The first-order valence-corrected chi connectivity index (χ1v) is 9.77. The highest BCUT2D eigenvalue weighted by atomic mass is 35.5. The van der Waals surface area contributed by atoms with Crippen molar-refractivity contribution in [3.63, 3.8) is 0 Å². The number of carbonyl (C=O) groups is 2. The third-order valence-corrected chi connectivity index (χ3v) is 5.25. The van der Waals surface area contributed by atoms with Crippen molar-refractivity contribution in [1.82, 2.24) is 9.97 Å². The van der Waals surface area contributed by atoms with Gasteiger partial charge in [-0.25, -0.2) is 4.98 Å². The molecule has 0 bridgehead atoms. The molecule has 0 saturated heterocycles. The van der Waals surface area contributed by atoms with Crippen LogP contribution >= 0.6 is 23.2 Å². The number of aromatic nitrogens is 2. The van der Waals surface area contributed by atoms with Gasteiger partial charge in [0.25, 0.3) is 5.91 Å². The Bertz CT molecular complexity index is 1160. The number of aryl methyl sites for hydroxylation is 2. The van der Waals surface area contributed by atoms with E-state index in [2.05, 4.69) is 14.7 Å². The van der Waals surface area contributed by atoms with Crippen LogP contribution in [0.25, 0.3) is 22.4 Å². The van der Waals surface area contributed by atoms with Gasteiger partial charge >= 0.3 is 5.97 Å². The Balaban J connectivity index is 2.00. The smallest absolute Gasteiger partial charge is 0.309 e. The van der Waals surface area contributed by atoms with Gasteiger partial charge in [0.2, 0.25) is 0 Å². The topological polar surface area (TPSA) is 95.2 Å². The average molecular weight is 444 g/mol. The number of halogens is 2. The zero-order valence-electron chi connectivity index (χ0n) is 16.6. The molecule has 0 radical (unpaired) electrons. The molecule has 2 aromatic carbocycles. The van der Waals surface area contributed by atoms with Gasteiger partial charge in [-0.2, -0.15) is 0 Å². The number of nitrogens with zero attached hydrogens (tertiary/aromatic N) is 2. The lowest BCUT2D eigenvalue weighted by molar-refractivity contribution is -0.139. The number of nitrogens with two attached hydrogens (primary N) is 1. The number of methoxy groups -OCH3 is 1. The van der Waals surface area contributed by atoms with Crippen molar-refractivity contribution < 1.29 is 14.3 Å². The summed E-state index contributed by atoms with van der Waals surface area (Å²) in [6.07, 6.45) is 0.136. The van der Waals surface area contributed by atoms with E-state index in [1.165, 1.54) is 7.11 Å². The van der Waals surface area contributed by atoms with Crippen LogP contribution in [-0.2, 0) is 16.0 Å². The van der Waals surface area contributed by atoms with Crippen LogP contribution in [0.15, 0.2) is 36.4 Å². The number of esters is 1. The fraction of sp³-hybridized carbons (Fsp3) is 0.182. The Labute approximate surface area is 184 Å². The molecule has 30 heavy (non-hydrogen) atoms. The lowest BCUT2D eigenvalue weighted by Crippen LogP contribution is -2.17. The van der Waals surface area contributed by atoms with Gasteiger partial charge in [0.15, 0.2) is 0 Å². The van der Waals surface area contributed by atoms with Gasteiger partial charge in [-0.3, -0.25) is 14.6 Å². The fourth-order valence-electron chi connectivity index (χ4n) is 3.14. The Morgan fingerprint density at radius 3 is 2.17 bits per heavy atom. The SMILES string of the molecule is COC(=O)Cc1ccc(-c2ccc(-c3nc(C(N)=O)c(C)nc3C)cc2Cl)c(Cl)c1. The summed E-state index contributed by atoms with van der Waals surface area (Å²) in [5.74, 6) is -0.978. The Hall–Kier alpha value is -2.96.